The van der Waals surface area contributed by atoms with Gasteiger partial charge in [-0.1, -0.05) is 12.1 Å². The smallest absolute Gasteiger partial charge is 0.359 e. The molecular weight excluding hydrogens is 410 g/mol. The van der Waals surface area contributed by atoms with Crippen LogP contribution in [0.5, 0.6) is 0 Å². The van der Waals surface area contributed by atoms with E-state index < -0.39 is 5.51 Å². The Labute approximate surface area is 166 Å². The van der Waals surface area contributed by atoms with Gasteiger partial charge in [-0.05, 0) is 48.2 Å². The lowest BCUT2D eigenvalue weighted by Gasteiger charge is -2.10. The number of allylic oxidation sites excluding steroid dienone is 1. The van der Waals surface area contributed by atoms with Crippen molar-refractivity contribution in [2.45, 2.75) is 10.4 Å². The van der Waals surface area contributed by atoms with Gasteiger partial charge >= 0.3 is 5.51 Å². The fourth-order valence-corrected chi connectivity index (χ4v) is 3.67. The van der Waals surface area contributed by atoms with E-state index in [-0.39, 0.29) is 33.7 Å². The molecule has 0 amide bonds. The first-order valence-electron chi connectivity index (χ1n) is 7.79. The van der Waals surface area contributed by atoms with E-state index in [1.165, 1.54) is 47.9 Å². The zero-order chi connectivity index (χ0) is 20.1. The topological polar surface area (TPSA) is 48.7 Å². The minimum atomic E-state index is -4.42. The molecule has 0 aliphatic rings. The molecule has 0 unspecified atom stereocenters. The number of hydrogen-bond acceptors (Lipinski definition) is 5. The van der Waals surface area contributed by atoms with E-state index in [1.807, 2.05) is 6.07 Å². The number of thiazole rings is 1. The second-order valence-corrected chi connectivity index (χ2v) is 7.37. The lowest BCUT2D eigenvalue weighted by atomic mass is 10.2. The third-order valence-corrected chi connectivity index (χ3v) is 5.16. The minimum absolute atomic E-state index is 0.00493. The van der Waals surface area contributed by atoms with Crippen molar-refractivity contribution in [3.05, 3.63) is 70.9 Å². The Bertz CT molecular complexity index is 1030. The average molecular weight is 421 g/mol. The number of nitrogens with one attached hydrogen (secondary N) is 1. The molecule has 3 aromatic rings. The molecule has 0 saturated heterocycles. The van der Waals surface area contributed by atoms with Crippen LogP contribution in [0.3, 0.4) is 0 Å². The lowest BCUT2D eigenvalue weighted by Crippen LogP contribution is -2.01. The summed E-state index contributed by atoms with van der Waals surface area (Å²) >= 11 is 0.976. The number of halogens is 4. The molecular formula is C19H11F4N3S2. The molecule has 1 aromatic heterocycles. The second-order valence-electron chi connectivity index (χ2n) is 5.40. The number of benzene rings is 2. The molecule has 0 fully saturated rings. The van der Waals surface area contributed by atoms with Crippen molar-refractivity contribution in [3.63, 3.8) is 0 Å². The van der Waals surface area contributed by atoms with Crippen molar-refractivity contribution in [2.75, 3.05) is 5.32 Å². The standard InChI is InChI=1S/C19H11F4N3S2/c20-14-7-5-12(6-8-14)16-11-27-18(26-16)13(9-24)10-25-15-3-1-2-4-17(15)28-19(21,22)23/h1-8,10-11,25H. The van der Waals surface area contributed by atoms with Crippen molar-refractivity contribution in [3.8, 4) is 17.3 Å². The number of nitrogens with zero attached hydrogens (tertiary/aromatic N) is 2. The van der Waals surface area contributed by atoms with E-state index in [0.717, 1.165) is 0 Å². The van der Waals surface area contributed by atoms with Crippen LogP contribution < -0.4 is 5.32 Å². The average Bonchev–Trinajstić information content (AvgIpc) is 3.13. The van der Waals surface area contributed by atoms with Gasteiger partial charge in [0.2, 0.25) is 0 Å². The minimum Gasteiger partial charge on any atom is -0.359 e. The molecule has 3 nitrogen and oxygen atoms in total. The molecule has 0 aliphatic carbocycles. The fourth-order valence-electron chi connectivity index (χ4n) is 2.24. The van der Waals surface area contributed by atoms with Gasteiger partial charge in [-0.15, -0.1) is 11.3 Å². The van der Waals surface area contributed by atoms with Crippen LogP contribution in [0.2, 0.25) is 0 Å². The fraction of sp³-hybridized carbons (Fsp3) is 0.0526. The predicted octanol–water partition coefficient (Wildman–Crippen LogP) is 6.54. The maximum Gasteiger partial charge on any atom is 0.446 e. The molecule has 1 heterocycles. The predicted molar refractivity (Wildman–Crippen MR) is 103 cm³/mol. The molecule has 28 heavy (non-hydrogen) atoms. The first-order chi connectivity index (χ1) is 13.4. The number of rotatable bonds is 5. The van der Waals surface area contributed by atoms with E-state index in [2.05, 4.69) is 10.3 Å². The Balaban J connectivity index is 1.83. The van der Waals surface area contributed by atoms with Crippen LogP contribution in [0.4, 0.5) is 23.2 Å². The van der Waals surface area contributed by atoms with Gasteiger partial charge in [-0.2, -0.15) is 18.4 Å². The summed E-state index contributed by atoms with van der Waals surface area (Å²) in [6.07, 6.45) is 1.32. The van der Waals surface area contributed by atoms with Crippen molar-refractivity contribution in [1.82, 2.24) is 4.98 Å². The molecule has 3 rings (SSSR count). The van der Waals surface area contributed by atoms with Gasteiger partial charge in [0.1, 0.15) is 22.5 Å². The highest BCUT2D eigenvalue weighted by atomic mass is 32.2. The van der Waals surface area contributed by atoms with E-state index in [4.69, 9.17) is 0 Å². The largest absolute Gasteiger partial charge is 0.446 e. The third kappa shape index (κ3) is 5.12. The molecule has 2 aromatic carbocycles. The van der Waals surface area contributed by atoms with Crippen LogP contribution >= 0.6 is 23.1 Å². The van der Waals surface area contributed by atoms with Gasteiger partial charge in [-0.3, -0.25) is 0 Å². The maximum absolute atomic E-state index is 13.0. The van der Waals surface area contributed by atoms with Crippen molar-refractivity contribution >= 4 is 34.4 Å². The quantitative estimate of drug-likeness (QED) is 0.289. The van der Waals surface area contributed by atoms with Gasteiger partial charge in [0.25, 0.3) is 0 Å². The number of thioether (sulfide) groups is 1. The third-order valence-electron chi connectivity index (χ3n) is 3.48. The highest BCUT2D eigenvalue weighted by molar-refractivity contribution is 8.00. The van der Waals surface area contributed by atoms with Crippen LogP contribution in [-0.2, 0) is 0 Å². The van der Waals surface area contributed by atoms with Gasteiger partial charge in [0.05, 0.1) is 11.4 Å². The Hall–Kier alpha value is -2.83. The summed E-state index contributed by atoms with van der Waals surface area (Å²) in [5.41, 5.74) is -2.74. The van der Waals surface area contributed by atoms with E-state index >= 15 is 0 Å². The zero-order valence-corrected chi connectivity index (χ0v) is 15.6. The van der Waals surface area contributed by atoms with E-state index in [0.29, 0.717) is 16.3 Å². The Morgan fingerprint density at radius 2 is 1.86 bits per heavy atom. The molecule has 142 valence electrons. The highest BCUT2D eigenvalue weighted by Gasteiger charge is 2.30. The van der Waals surface area contributed by atoms with E-state index in [9.17, 15) is 22.8 Å². The normalized spacial score (nSPS) is 11.9. The Morgan fingerprint density at radius 3 is 2.54 bits per heavy atom. The Kier molecular flexibility index (Phi) is 6.02. The van der Waals surface area contributed by atoms with Crippen LogP contribution in [0.25, 0.3) is 16.8 Å². The molecule has 0 spiro atoms. The van der Waals surface area contributed by atoms with Crippen LogP contribution in [-0.4, -0.2) is 10.5 Å². The number of hydrogen-bond donors (Lipinski definition) is 1. The van der Waals surface area contributed by atoms with Gasteiger partial charge in [0.15, 0.2) is 0 Å². The molecule has 1 N–H and O–H groups in total. The number of anilines is 1. The van der Waals surface area contributed by atoms with Crippen LogP contribution in [0.15, 0.2) is 65.0 Å². The summed E-state index contributed by atoms with van der Waals surface area (Å²) in [7, 11) is 0. The van der Waals surface area contributed by atoms with Gasteiger partial charge in [0, 0.05) is 22.0 Å². The monoisotopic (exact) mass is 421 g/mol. The highest BCUT2D eigenvalue weighted by Crippen LogP contribution is 2.40. The summed E-state index contributed by atoms with van der Waals surface area (Å²) in [6.45, 7) is 0. The van der Waals surface area contributed by atoms with Crippen molar-refractivity contribution in [2.24, 2.45) is 0 Å². The molecule has 0 saturated carbocycles. The number of alkyl halides is 3. The Morgan fingerprint density at radius 1 is 1.14 bits per heavy atom. The molecule has 0 atom stereocenters. The van der Waals surface area contributed by atoms with Crippen LogP contribution in [0.1, 0.15) is 5.01 Å². The summed E-state index contributed by atoms with van der Waals surface area (Å²) in [6, 6.07) is 13.7. The summed E-state index contributed by atoms with van der Waals surface area (Å²) in [5, 5.41) is 14.3. The van der Waals surface area contributed by atoms with Crippen molar-refractivity contribution < 1.29 is 17.6 Å². The molecule has 9 heteroatoms. The summed E-state index contributed by atoms with van der Waals surface area (Å²) < 4.78 is 51.1. The lowest BCUT2D eigenvalue weighted by molar-refractivity contribution is -0.0327. The van der Waals surface area contributed by atoms with Crippen molar-refractivity contribution in [1.29, 1.82) is 5.26 Å². The number of aromatic nitrogens is 1. The SMILES string of the molecule is N#CC(=CNc1ccccc1SC(F)(F)F)c1nc(-c2ccc(F)cc2)cs1. The number of nitriles is 1. The molecule has 0 bridgehead atoms. The zero-order valence-electron chi connectivity index (χ0n) is 14.0. The van der Waals surface area contributed by atoms with Gasteiger partial charge in [-0.25, -0.2) is 9.37 Å². The first-order valence-corrected chi connectivity index (χ1v) is 9.49. The van der Waals surface area contributed by atoms with Crippen LogP contribution in [0, 0.1) is 17.1 Å². The molecule has 0 radical (unpaired) electrons. The summed E-state index contributed by atoms with van der Waals surface area (Å²) in [5.74, 6) is -0.364. The second kappa shape index (κ2) is 8.46. The molecule has 0 aliphatic heterocycles. The van der Waals surface area contributed by atoms with Gasteiger partial charge < -0.3 is 5.32 Å². The first kappa shape index (κ1) is 19.9. The maximum atomic E-state index is 13.0. The number of para-hydroxylation sites is 1. The van der Waals surface area contributed by atoms with E-state index in [1.54, 1.807) is 23.6 Å². The summed E-state index contributed by atoms with van der Waals surface area (Å²) in [4.78, 5) is 4.35.